The zero-order chi connectivity index (χ0) is 12.5. The van der Waals surface area contributed by atoms with Gasteiger partial charge < -0.3 is 5.32 Å². The maximum atomic E-state index is 11.6. The van der Waals surface area contributed by atoms with E-state index in [-0.39, 0.29) is 5.91 Å². The van der Waals surface area contributed by atoms with E-state index in [0.29, 0.717) is 12.2 Å². The lowest BCUT2D eigenvalue weighted by Crippen LogP contribution is -2.25. The average Bonchev–Trinajstić information content (AvgIpc) is 2.34. The van der Waals surface area contributed by atoms with Crippen LogP contribution in [0.4, 0.5) is 0 Å². The smallest absolute Gasteiger partial charge is 0.271 e. The van der Waals surface area contributed by atoms with E-state index in [9.17, 15) is 4.79 Å². The summed E-state index contributed by atoms with van der Waals surface area (Å²) in [4.78, 5) is 19.4. The van der Waals surface area contributed by atoms with Crippen molar-refractivity contribution >= 4 is 17.7 Å². The van der Waals surface area contributed by atoms with Crippen molar-refractivity contribution in [2.75, 3.05) is 18.1 Å². The third kappa shape index (κ3) is 6.26. The number of amides is 1. The lowest BCUT2D eigenvalue weighted by Gasteiger charge is -2.05. The van der Waals surface area contributed by atoms with Crippen molar-refractivity contribution in [1.29, 1.82) is 0 Å². The van der Waals surface area contributed by atoms with Gasteiger partial charge in [0.05, 0.1) is 6.20 Å². The summed E-state index contributed by atoms with van der Waals surface area (Å²) in [6, 6.07) is 0. The second kappa shape index (κ2) is 8.06. The summed E-state index contributed by atoms with van der Waals surface area (Å²) < 4.78 is 0. The minimum Gasteiger partial charge on any atom is -0.351 e. The molecular weight excluding hydrogens is 234 g/mol. The lowest BCUT2D eigenvalue weighted by molar-refractivity contribution is 0.0948. The van der Waals surface area contributed by atoms with Crippen molar-refractivity contribution in [3.05, 3.63) is 24.3 Å². The van der Waals surface area contributed by atoms with Crippen molar-refractivity contribution in [1.82, 2.24) is 15.3 Å². The molecule has 0 spiro atoms. The molecule has 0 atom stereocenters. The maximum Gasteiger partial charge on any atom is 0.271 e. The molecule has 0 bridgehead atoms. The van der Waals surface area contributed by atoms with Gasteiger partial charge in [0.1, 0.15) is 5.69 Å². The fourth-order valence-electron chi connectivity index (χ4n) is 1.20. The summed E-state index contributed by atoms with van der Waals surface area (Å²) in [7, 11) is 0. The summed E-state index contributed by atoms with van der Waals surface area (Å²) in [5.41, 5.74) is 0.377. The molecule has 5 heteroatoms. The Morgan fingerprint density at radius 3 is 2.94 bits per heavy atom. The topological polar surface area (TPSA) is 54.9 Å². The molecule has 1 rings (SSSR count). The number of nitrogens with zero attached hydrogens (tertiary/aromatic N) is 2. The number of carbonyl (C=O) groups excluding carboxylic acids is 1. The van der Waals surface area contributed by atoms with Gasteiger partial charge >= 0.3 is 0 Å². The minimum absolute atomic E-state index is 0.146. The van der Waals surface area contributed by atoms with E-state index in [1.165, 1.54) is 18.1 Å². The Labute approximate surface area is 107 Å². The standard InChI is InChI=1S/C12H19N3OS/c1-10(2)9-17-7-3-4-15-12(16)11-8-13-5-6-14-11/h5-6,8,10H,3-4,7,9H2,1-2H3,(H,15,16). The molecule has 0 radical (unpaired) electrons. The molecule has 0 saturated heterocycles. The molecule has 1 heterocycles. The van der Waals surface area contributed by atoms with Gasteiger partial charge in [0, 0.05) is 18.9 Å². The van der Waals surface area contributed by atoms with Crippen molar-refractivity contribution in [3.63, 3.8) is 0 Å². The molecular formula is C12H19N3OS. The van der Waals surface area contributed by atoms with Gasteiger partial charge in [-0.2, -0.15) is 11.8 Å². The largest absolute Gasteiger partial charge is 0.351 e. The van der Waals surface area contributed by atoms with Gasteiger partial charge in [0.25, 0.3) is 5.91 Å². The van der Waals surface area contributed by atoms with Crippen LogP contribution in [0.1, 0.15) is 30.8 Å². The predicted molar refractivity (Wildman–Crippen MR) is 71.1 cm³/mol. The molecule has 0 saturated carbocycles. The van der Waals surface area contributed by atoms with E-state index in [2.05, 4.69) is 29.1 Å². The van der Waals surface area contributed by atoms with Crippen LogP contribution in [-0.4, -0.2) is 33.9 Å². The Kier molecular flexibility index (Phi) is 6.62. The molecule has 94 valence electrons. The van der Waals surface area contributed by atoms with Crippen molar-refractivity contribution in [2.24, 2.45) is 5.92 Å². The Bertz CT molecular complexity index is 330. The number of hydrogen-bond acceptors (Lipinski definition) is 4. The first-order valence-corrected chi connectivity index (χ1v) is 6.97. The Morgan fingerprint density at radius 1 is 1.47 bits per heavy atom. The molecule has 4 nitrogen and oxygen atoms in total. The third-order valence-electron chi connectivity index (χ3n) is 2.00. The van der Waals surface area contributed by atoms with Crippen LogP contribution in [0.3, 0.4) is 0 Å². The van der Waals surface area contributed by atoms with Crippen molar-refractivity contribution in [3.8, 4) is 0 Å². The first kappa shape index (κ1) is 14.0. The molecule has 1 amide bonds. The zero-order valence-corrected chi connectivity index (χ0v) is 11.2. The molecule has 0 fully saturated rings. The van der Waals surface area contributed by atoms with E-state index < -0.39 is 0 Å². The maximum absolute atomic E-state index is 11.6. The van der Waals surface area contributed by atoms with E-state index in [0.717, 1.165) is 18.1 Å². The van der Waals surface area contributed by atoms with Gasteiger partial charge in [-0.25, -0.2) is 4.98 Å². The van der Waals surface area contributed by atoms with Crippen LogP contribution in [0.2, 0.25) is 0 Å². The van der Waals surface area contributed by atoms with Gasteiger partial charge in [-0.3, -0.25) is 9.78 Å². The van der Waals surface area contributed by atoms with E-state index in [1.54, 1.807) is 6.20 Å². The number of nitrogens with one attached hydrogen (secondary N) is 1. The first-order valence-electron chi connectivity index (χ1n) is 5.82. The Balaban J connectivity index is 2.09. The number of rotatable bonds is 7. The molecule has 1 aromatic rings. The number of carbonyl (C=O) groups is 1. The molecule has 0 aromatic carbocycles. The number of hydrogen-bond donors (Lipinski definition) is 1. The third-order valence-corrected chi connectivity index (χ3v) is 3.48. The van der Waals surface area contributed by atoms with Crippen LogP contribution >= 0.6 is 11.8 Å². The highest BCUT2D eigenvalue weighted by atomic mass is 32.2. The van der Waals surface area contributed by atoms with Crippen molar-refractivity contribution < 1.29 is 4.79 Å². The van der Waals surface area contributed by atoms with Crippen LogP contribution < -0.4 is 5.32 Å². The van der Waals surface area contributed by atoms with Gasteiger partial charge in [-0.05, 0) is 23.8 Å². The van der Waals surface area contributed by atoms with Crippen LogP contribution in [0.5, 0.6) is 0 Å². The number of thioether (sulfide) groups is 1. The van der Waals surface area contributed by atoms with Crippen LogP contribution in [0.25, 0.3) is 0 Å². The summed E-state index contributed by atoms with van der Waals surface area (Å²) in [5.74, 6) is 2.85. The van der Waals surface area contributed by atoms with Crippen LogP contribution in [-0.2, 0) is 0 Å². The van der Waals surface area contributed by atoms with Gasteiger partial charge in [0.15, 0.2) is 0 Å². The highest BCUT2D eigenvalue weighted by molar-refractivity contribution is 7.99. The predicted octanol–water partition coefficient (Wildman–Crippen LogP) is 1.99. The fourth-order valence-corrected chi connectivity index (χ4v) is 2.19. The summed E-state index contributed by atoms with van der Waals surface area (Å²) >= 11 is 1.93. The highest BCUT2D eigenvalue weighted by Gasteiger charge is 2.05. The Morgan fingerprint density at radius 2 is 2.29 bits per heavy atom. The SMILES string of the molecule is CC(C)CSCCCNC(=O)c1cnccn1. The van der Waals surface area contributed by atoms with Crippen LogP contribution in [0.15, 0.2) is 18.6 Å². The van der Waals surface area contributed by atoms with Crippen LogP contribution in [0, 0.1) is 5.92 Å². The summed E-state index contributed by atoms with van der Waals surface area (Å²) in [6.07, 6.45) is 5.54. The first-order chi connectivity index (χ1) is 8.20. The van der Waals surface area contributed by atoms with E-state index in [4.69, 9.17) is 0 Å². The summed E-state index contributed by atoms with van der Waals surface area (Å²) in [6.45, 7) is 5.12. The molecule has 1 N–H and O–H groups in total. The normalized spacial score (nSPS) is 10.5. The van der Waals surface area contributed by atoms with Gasteiger partial charge in [-0.1, -0.05) is 13.8 Å². The number of aromatic nitrogens is 2. The molecule has 1 aromatic heterocycles. The second-order valence-electron chi connectivity index (χ2n) is 4.17. The molecule has 0 aliphatic heterocycles. The molecule has 0 aliphatic carbocycles. The molecule has 0 unspecified atom stereocenters. The lowest BCUT2D eigenvalue weighted by atomic mass is 10.3. The van der Waals surface area contributed by atoms with Gasteiger partial charge in [-0.15, -0.1) is 0 Å². The average molecular weight is 253 g/mol. The second-order valence-corrected chi connectivity index (χ2v) is 5.32. The Hall–Kier alpha value is -1.10. The monoisotopic (exact) mass is 253 g/mol. The van der Waals surface area contributed by atoms with E-state index >= 15 is 0 Å². The van der Waals surface area contributed by atoms with Gasteiger partial charge in [0.2, 0.25) is 0 Å². The molecule has 0 aliphatic rings. The van der Waals surface area contributed by atoms with E-state index in [1.807, 2.05) is 11.8 Å². The summed E-state index contributed by atoms with van der Waals surface area (Å²) in [5, 5.41) is 2.83. The highest BCUT2D eigenvalue weighted by Crippen LogP contribution is 2.07. The molecule has 17 heavy (non-hydrogen) atoms. The zero-order valence-electron chi connectivity index (χ0n) is 10.3. The minimum atomic E-state index is -0.146. The van der Waals surface area contributed by atoms with Crippen molar-refractivity contribution in [2.45, 2.75) is 20.3 Å². The quantitative estimate of drug-likeness (QED) is 0.755. The fraction of sp³-hybridized carbons (Fsp3) is 0.583.